The highest BCUT2D eigenvalue weighted by Gasteiger charge is 2.44. The van der Waals surface area contributed by atoms with Gasteiger partial charge in [-0.05, 0) is 54.4 Å². The Bertz CT molecular complexity index is 1280. The van der Waals surface area contributed by atoms with Crippen LogP contribution in [-0.2, 0) is 22.3 Å². The third-order valence-electron chi connectivity index (χ3n) is 6.10. The zero-order chi connectivity index (χ0) is 27.3. The molecule has 2 atom stereocenters. The second-order valence-corrected chi connectivity index (χ2v) is 8.91. The molecule has 0 aliphatic carbocycles. The van der Waals surface area contributed by atoms with Crippen molar-refractivity contribution in [2.24, 2.45) is 0 Å². The fourth-order valence-electron chi connectivity index (χ4n) is 3.95. The molecule has 2 unspecified atom stereocenters. The van der Waals surface area contributed by atoms with Gasteiger partial charge in [0.05, 0.1) is 18.3 Å². The number of aliphatic hydroxyl groups excluding tert-OH is 1. The van der Waals surface area contributed by atoms with Crippen molar-refractivity contribution in [2.45, 2.75) is 37.7 Å². The number of hydrogen-bond acceptors (Lipinski definition) is 6. The summed E-state index contributed by atoms with van der Waals surface area (Å²) >= 11 is 0. The van der Waals surface area contributed by atoms with Crippen molar-refractivity contribution < 1.29 is 37.3 Å². The SMILES string of the molecule is CC(O)c1ccc(Oc2ccc(CNC(=O)C3(NC(=O)c4ccccn4)CCOC3)cc2)c(C(F)(F)F)c1. The first-order valence-corrected chi connectivity index (χ1v) is 11.8. The molecule has 8 nitrogen and oxygen atoms in total. The van der Waals surface area contributed by atoms with Crippen LogP contribution >= 0.6 is 0 Å². The Morgan fingerprint density at radius 1 is 1.16 bits per heavy atom. The third-order valence-corrected chi connectivity index (χ3v) is 6.10. The largest absolute Gasteiger partial charge is 0.457 e. The van der Waals surface area contributed by atoms with Crippen LogP contribution in [0.1, 0.15) is 46.6 Å². The standard InChI is InChI=1S/C27H26F3N3O5/c1-17(34)19-7-10-23(21(14-19)27(28,29)30)38-20-8-5-18(6-9-20)15-32-25(36)26(11-13-37-16-26)33-24(35)22-4-2-3-12-31-22/h2-10,12,14,17,34H,11,13,15-16H2,1H3,(H,32,36)(H,33,35). The van der Waals surface area contributed by atoms with Crippen LogP contribution in [0.3, 0.4) is 0 Å². The Labute approximate surface area is 216 Å². The average molecular weight is 530 g/mol. The van der Waals surface area contributed by atoms with Crippen LogP contribution in [0.4, 0.5) is 13.2 Å². The number of alkyl halides is 3. The zero-order valence-corrected chi connectivity index (χ0v) is 20.4. The van der Waals surface area contributed by atoms with Gasteiger partial charge in [-0.25, -0.2) is 0 Å². The minimum absolute atomic E-state index is 0.0135. The molecule has 1 fully saturated rings. The summed E-state index contributed by atoms with van der Waals surface area (Å²) in [4.78, 5) is 29.7. The van der Waals surface area contributed by atoms with Crippen LogP contribution in [0.15, 0.2) is 66.9 Å². The fraction of sp³-hybridized carbons (Fsp3) is 0.296. The summed E-state index contributed by atoms with van der Waals surface area (Å²) in [5.74, 6) is -1.14. The predicted octanol–water partition coefficient (Wildman–Crippen LogP) is 4.15. The van der Waals surface area contributed by atoms with Gasteiger partial charge < -0.3 is 25.2 Å². The topological polar surface area (TPSA) is 110 Å². The fourth-order valence-corrected chi connectivity index (χ4v) is 3.95. The summed E-state index contributed by atoms with van der Waals surface area (Å²) < 4.78 is 51.5. The molecule has 1 aliphatic heterocycles. The van der Waals surface area contributed by atoms with Gasteiger partial charge in [0, 0.05) is 25.8 Å². The number of nitrogens with one attached hydrogen (secondary N) is 2. The summed E-state index contributed by atoms with van der Waals surface area (Å²) in [7, 11) is 0. The van der Waals surface area contributed by atoms with Crippen LogP contribution in [0.2, 0.25) is 0 Å². The van der Waals surface area contributed by atoms with Crippen LogP contribution in [0.5, 0.6) is 11.5 Å². The lowest BCUT2D eigenvalue weighted by Gasteiger charge is -2.27. The molecule has 0 spiro atoms. The highest BCUT2D eigenvalue weighted by Crippen LogP contribution is 2.39. The van der Waals surface area contributed by atoms with E-state index < -0.39 is 40.9 Å². The van der Waals surface area contributed by atoms with E-state index in [1.807, 2.05) is 0 Å². The van der Waals surface area contributed by atoms with Crippen LogP contribution in [0.25, 0.3) is 0 Å². The molecule has 38 heavy (non-hydrogen) atoms. The first-order valence-electron chi connectivity index (χ1n) is 11.8. The van der Waals surface area contributed by atoms with Crippen molar-refractivity contribution >= 4 is 11.8 Å². The lowest BCUT2D eigenvalue weighted by Crippen LogP contribution is -2.59. The van der Waals surface area contributed by atoms with Gasteiger partial charge in [-0.3, -0.25) is 14.6 Å². The molecule has 1 aromatic heterocycles. The lowest BCUT2D eigenvalue weighted by atomic mass is 9.96. The Balaban J connectivity index is 1.41. The molecule has 0 saturated carbocycles. The normalized spacial score (nSPS) is 18.0. The van der Waals surface area contributed by atoms with Gasteiger partial charge in [-0.15, -0.1) is 0 Å². The number of pyridine rings is 1. The van der Waals surface area contributed by atoms with Gasteiger partial charge >= 0.3 is 6.18 Å². The van der Waals surface area contributed by atoms with Gasteiger partial charge in [0.15, 0.2) is 0 Å². The molecule has 1 saturated heterocycles. The zero-order valence-electron chi connectivity index (χ0n) is 20.4. The number of halogens is 3. The van der Waals surface area contributed by atoms with Crippen molar-refractivity contribution in [1.82, 2.24) is 15.6 Å². The molecule has 2 amide bonds. The molecule has 200 valence electrons. The van der Waals surface area contributed by atoms with Gasteiger partial charge in [0.1, 0.15) is 22.7 Å². The van der Waals surface area contributed by atoms with E-state index in [0.717, 1.165) is 6.07 Å². The molecule has 3 N–H and O–H groups in total. The predicted molar refractivity (Wildman–Crippen MR) is 130 cm³/mol. The van der Waals surface area contributed by atoms with E-state index in [1.54, 1.807) is 30.3 Å². The molecule has 1 aliphatic rings. The highest BCUT2D eigenvalue weighted by molar-refractivity contribution is 5.98. The van der Waals surface area contributed by atoms with Gasteiger partial charge in [-0.1, -0.05) is 24.3 Å². The quantitative estimate of drug-likeness (QED) is 0.405. The summed E-state index contributed by atoms with van der Waals surface area (Å²) in [5, 5.41) is 15.2. The van der Waals surface area contributed by atoms with E-state index in [1.165, 1.54) is 37.4 Å². The molecule has 3 aromatic rings. The maximum absolute atomic E-state index is 13.5. The van der Waals surface area contributed by atoms with Crippen LogP contribution < -0.4 is 15.4 Å². The van der Waals surface area contributed by atoms with E-state index in [0.29, 0.717) is 18.6 Å². The Morgan fingerprint density at radius 2 is 1.92 bits per heavy atom. The number of aromatic nitrogens is 1. The lowest BCUT2D eigenvalue weighted by molar-refractivity contribution is -0.138. The molecule has 0 bridgehead atoms. The monoisotopic (exact) mass is 529 g/mol. The van der Waals surface area contributed by atoms with Crippen molar-refractivity contribution in [3.05, 3.63) is 89.2 Å². The summed E-state index contributed by atoms with van der Waals surface area (Å²) in [6.07, 6.45) is -3.96. The molecule has 2 heterocycles. The van der Waals surface area contributed by atoms with Crippen molar-refractivity contribution in [3.63, 3.8) is 0 Å². The molecule has 11 heteroatoms. The number of ether oxygens (including phenoxy) is 2. The molecule has 4 rings (SSSR count). The maximum Gasteiger partial charge on any atom is 0.419 e. The van der Waals surface area contributed by atoms with E-state index in [-0.39, 0.29) is 30.2 Å². The molecular weight excluding hydrogens is 503 g/mol. The van der Waals surface area contributed by atoms with Crippen LogP contribution in [-0.4, -0.2) is 40.7 Å². The van der Waals surface area contributed by atoms with Crippen LogP contribution in [0, 0.1) is 0 Å². The third kappa shape index (κ3) is 6.29. The number of nitrogens with zero attached hydrogens (tertiary/aromatic N) is 1. The second-order valence-electron chi connectivity index (χ2n) is 8.91. The van der Waals surface area contributed by atoms with E-state index in [2.05, 4.69) is 15.6 Å². The Hall–Kier alpha value is -3.96. The van der Waals surface area contributed by atoms with Crippen molar-refractivity contribution in [1.29, 1.82) is 0 Å². The first kappa shape index (κ1) is 27.1. The van der Waals surface area contributed by atoms with Crippen molar-refractivity contribution in [3.8, 4) is 11.5 Å². The number of rotatable bonds is 8. The number of amides is 2. The average Bonchev–Trinajstić information content (AvgIpc) is 3.37. The summed E-state index contributed by atoms with van der Waals surface area (Å²) in [5.41, 5.74) is -1.28. The van der Waals surface area contributed by atoms with E-state index >= 15 is 0 Å². The first-order chi connectivity index (χ1) is 18.1. The number of carbonyl (C=O) groups excluding carboxylic acids is 2. The van der Waals surface area contributed by atoms with E-state index in [9.17, 15) is 27.9 Å². The van der Waals surface area contributed by atoms with Gasteiger partial charge in [0.2, 0.25) is 5.91 Å². The smallest absolute Gasteiger partial charge is 0.419 e. The summed E-state index contributed by atoms with van der Waals surface area (Å²) in [6, 6.07) is 14.5. The van der Waals surface area contributed by atoms with Gasteiger partial charge in [0.25, 0.3) is 5.91 Å². The summed E-state index contributed by atoms with van der Waals surface area (Å²) in [6.45, 7) is 1.81. The molecular formula is C27H26F3N3O5. The maximum atomic E-state index is 13.5. The van der Waals surface area contributed by atoms with Gasteiger partial charge in [-0.2, -0.15) is 13.2 Å². The number of aliphatic hydroxyl groups is 1. The molecule has 2 aromatic carbocycles. The minimum atomic E-state index is -4.67. The number of carbonyl (C=O) groups is 2. The Morgan fingerprint density at radius 3 is 2.53 bits per heavy atom. The van der Waals surface area contributed by atoms with Crippen molar-refractivity contribution in [2.75, 3.05) is 13.2 Å². The molecule has 0 radical (unpaired) electrons. The second kappa shape index (κ2) is 11.2. The highest BCUT2D eigenvalue weighted by atomic mass is 19.4. The number of benzene rings is 2. The van der Waals surface area contributed by atoms with E-state index in [4.69, 9.17) is 9.47 Å². The number of hydrogen-bond donors (Lipinski definition) is 3. The Kier molecular flexibility index (Phi) is 7.98. The minimum Gasteiger partial charge on any atom is -0.457 e.